The number of hydrogen-bond donors (Lipinski definition) is 7. The molecule has 14 heteroatoms. The first kappa shape index (κ1) is 38.5. The van der Waals surface area contributed by atoms with Crippen LogP contribution in [0, 0.1) is 5.92 Å². The van der Waals surface area contributed by atoms with Crippen molar-refractivity contribution in [1.82, 2.24) is 10.2 Å². The molecule has 11 N–H and O–H groups in total. The predicted octanol–water partition coefficient (Wildman–Crippen LogP) is 1.10. The lowest BCUT2D eigenvalue weighted by atomic mass is 9.89. The van der Waals surface area contributed by atoms with Crippen molar-refractivity contribution in [3.8, 4) is 11.5 Å². The summed E-state index contributed by atoms with van der Waals surface area (Å²) in [5, 5.41) is 22.1. The number of phenolic OH excluding ortho intramolecular Hbond substituents is 2. The van der Waals surface area contributed by atoms with E-state index in [0.717, 1.165) is 0 Å². The summed E-state index contributed by atoms with van der Waals surface area (Å²) in [6.07, 6.45) is 2.87. The van der Waals surface area contributed by atoms with E-state index in [0.29, 0.717) is 62.7 Å². The van der Waals surface area contributed by atoms with Crippen molar-refractivity contribution in [2.75, 3.05) is 19.6 Å². The highest BCUT2D eigenvalue weighted by atomic mass is 16.3. The zero-order chi connectivity index (χ0) is 35.9. The fourth-order valence-electron chi connectivity index (χ4n) is 6.08. The van der Waals surface area contributed by atoms with Gasteiger partial charge in [-0.05, 0) is 80.5 Å². The summed E-state index contributed by atoms with van der Waals surface area (Å²) < 4.78 is 0. The molecule has 1 aliphatic rings. The van der Waals surface area contributed by atoms with Crippen molar-refractivity contribution in [3.63, 3.8) is 0 Å². The third-order valence-electron chi connectivity index (χ3n) is 8.70. The van der Waals surface area contributed by atoms with Gasteiger partial charge in [-0.1, -0.05) is 30.7 Å². The van der Waals surface area contributed by atoms with Crippen molar-refractivity contribution in [2.45, 2.75) is 82.2 Å². The Morgan fingerprint density at radius 2 is 1.53 bits per heavy atom. The second-order valence-electron chi connectivity index (χ2n) is 12.5. The molecule has 14 nitrogen and oxygen atoms in total. The van der Waals surface area contributed by atoms with Gasteiger partial charge in [0.1, 0.15) is 23.3 Å². The second kappa shape index (κ2) is 19.1. The Bertz CT molecular complexity index is 1460. The number of aliphatic imine (C=N–C) groups is 1. The third-order valence-corrected chi connectivity index (χ3v) is 8.70. The SMILES string of the molecule is NCCCC[C@H](CC(=O)[C@@H]1CCCN1C(=O)[C@H](CC(=O)Cc1ccc(O)cc1)c1ccc(O)cc1)C(=O)N[C@@H](CCCN=C(N)N)C(N)=O. The predicted molar refractivity (Wildman–Crippen MR) is 184 cm³/mol. The normalized spacial score (nSPS) is 15.9. The van der Waals surface area contributed by atoms with Crippen LogP contribution in [-0.2, 0) is 30.4 Å². The van der Waals surface area contributed by atoms with Gasteiger partial charge < -0.3 is 43.4 Å². The average Bonchev–Trinajstić information content (AvgIpc) is 3.56. The van der Waals surface area contributed by atoms with Gasteiger partial charge in [0.05, 0.1) is 12.0 Å². The van der Waals surface area contributed by atoms with Gasteiger partial charge in [0.25, 0.3) is 0 Å². The Balaban J connectivity index is 1.76. The maximum absolute atomic E-state index is 14.2. The van der Waals surface area contributed by atoms with E-state index in [9.17, 15) is 34.2 Å². The number of aromatic hydroxyl groups is 2. The van der Waals surface area contributed by atoms with Crippen molar-refractivity contribution in [1.29, 1.82) is 0 Å². The second-order valence-corrected chi connectivity index (χ2v) is 12.5. The fourth-order valence-corrected chi connectivity index (χ4v) is 6.08. The monoisotopic (exact) mass is 679 g/mol. The Hall–Kier alpha value is -4.98. The van der Waals surface area contributed by atoms with Crippen molar-refractivity contribution in [3.05, 3.63) is 59.7 Å². The first-order valence-corrected chi connectivity index (χ1v) is 16.7. The smallest absolute Gasteiger partial charge is 0.240 e. The number of guanidine groups is 1. The number of likely N-dealkylation sites (tertiary alicyclic amines) is 1. The highest BCUT2D eigenvalue weighted by Gasteiger charge is 2.39. The zero-order valence-corrected chi connectivity index (χ0v) is 27.8. The third kappa shape index (κ3) is 12.2. The van der Waals surface area contributed by atoms with Crippen LogP contribution in [0.3, 0.4) is 0 Å². The van der Waals surface area contributed by atoms with Gasteiger partial charge in [-0.3, -0.25) is 29.0 Å². The minimum atomic E-state index is -0.983. The molecule has 0 unspecified atom stereocenters. The summed E-state index contributed by atoms with van der Waals surface area (Å²) in [6.45, 7) is 0.963. The van der Waals surface area contributed by atoms with E-state index >= 15 is 0 Å². The van der Waals surface area contributed by atoms with Gasteiger partial charge in [0.15, 0.2) is 11.7 Å². The highest BCUT2D eigenvalue weighted by Crippen LogP contribution is 2.31. The van der Waals surface area contributed by atoms with E-state index in [2.05, 4.69) is 10.3 Å². The molecule has 4 atom stereocenters. The van der Waals surface area contributed by atoms with Crippen LogP contribution in [-0.4, -0.2) is 82.1 Å². The topological polar surface area (TPSA) is 258 Å². The number of nitrogens with zero attached hydrogens (tertiary/aromatic N) is 2. The van der Waals surface area contributed by atoms with Crippen molar-refractivity contribution in [2.24, 2.45) is 33.8 Å². The molecular formula is C35H49N7O7. The van der Waals surface area contributed by atoms with Gasteiger partial charge in [-0.15, -0.1) is 0 Å². The molecular weight excluding hydrogens is 630 g/mol. The number of primary amides is 1. The fraction of sp³-hybridized carbons (Fsp3) is 0.486. The lowest BCUT2D eigenvalue weighted by molar-refractivity contribution is -0.141. The molecule has 2 aromatic rings. The molecule has 0 spiro atoms. The maximum atomic E-state index is 14.2. The molecule has 0 saturated carbocycles. The minimum Gasteiger partial charge on any atom is -0.508 e. The molecule has 3 amide bonds. The van der Waals surface area contributed by atoms with Crippen LogP contribution in [0.25, 0.3) is 0 Å². The molecule has 2 aromatic carbocycles. The van der Waals surface area contributed by atoms with Crippen LogP contribution < -0.4 is 28.3 Å². The van der Waals surface area contributed by atoms with E-state index in [1.807, 2.05) is 0 Å². The zero-order valence-electron chi connectivity index (χ0n) is 27.8. The van der Waals surface area contributed by atoms with Crippen LogP contribution in [0.15, 0.2) is 53.5 Å². The molecule has 49 heavy (non-hydrogen) atoms. The molecule has 0 bridgehead atoms. The number of phenols is 2. The molecule has 3 rings (SSSR count). The van der Waals surface area contributed by atoms with Gasteiger partial charge >= 0.3 is 0 Å². The van der Waals surface area contributed by atoms with Gasteiger partial charge in [0.2, 0.25) is 17.7 Å². The summed E-state index contributed by atoms with van der Waals surface area (Å²) in [5.41, 5.74) is 23.1. The number of nitrogens with two attached hydrogens (primary N) is 4. The average molecular weight is 680 g/mol. The summed E-state index contributed by atoms with van der Waals surface area (Å²) >= 11 is 0. The first-order chi connectivity index (χ1) is 23.4. The largest absolute Gasteiger partial charge is 0.508 e. The standard InChI is InChI=1S/C35H49N7O7/c36-16-2-1-5-24(33(48)41-29(32(37)47)6-3-17-40-35(38)39)20-31(46)30-7-4-18-42(30)34(49)28(23-10-14-26(44)15-11-23)21-27(45)19-22-8-12-25(43)13-9-22/h8-15,24,28-30,43-44H,1-7,16-21,36H2,(H2,37,47)(H,41,48)(H4,38,39,40)/t24-,28-,29+,30+/m1/s1. The van der Waals surface area contributed by atoms with E-state index in [1.54, 1.807) is 24.3 Å². The molecule has 1 heterocycles. The number of benzene rings is 2. The summed E-state index contributed by atoms with van der Waals surface area (Å²) in [5.74, 6) is -3.80. The number of amides is 3. The number of ketones is 2. The summed E-state index contributed by atoms with van der Waals surface area (Å²) in [6, 6.07) is 10.5. The lowest BCUT2D eigenvalue weighted by Crippen LogP contribution is -2.48. The Kier molecular flexibility index (Phi) is 15.0. The minimum absolute atomic E-state index is 0.00545. The Labute approximate surface area is 286 Å². The molecule has 266 valence electrons. The molecule has 1 aliphatic heterocycles. The van der Waals surface area contributed by atoms with Gasteiger partial charge in [0, 0.05) is 38.3 Å². The Morgan fingerprint density at radius 3 is 2.14 bits per heavy atom. The summed E-state index contributed by atoms with van der Waals surface area (Å²) in [4.78, 5) is 72.2. The number of Topliss-reactive ketones (excluding diaryl/α,β-unsaturated/α-hetero) is 2. The van der Waals surface area contributed by atoms with Crippen LogP contribution in [0.5, 0.6) is 11.5 Å². The number of carbonyl (C=O) groups is 5. The van der Waals surface area contributed by atoms with Crippen molar-refractivity contribution < 1.29 is 34.2 Å². The molecule has 1 fully saturated rings. The van der Waals surface area contributed by atoms with Crippen LogP contribution in [0.4, 0.5) is 0 Å². The first-order valence-electron chi connectivity index (χ1n) is 16.7. The number of rotatable bonds is 20. The molecule has 0 aromatic heterocycles. The van der Waals surface area contributed by atoms with Crippen LogP contribution >= 0.6 is 0 Å². The van der Waals surface area contributed by atoms with E-state index in [-0.39, 0.29) is 67.2 Å². The number of unbranched alkanes of at least 4 members (excludes halogenated alkanes) is 1. The molecule has 1 saturated heterocycles. The van der Waals surface area contributed by atoms with Gasteiger partial charge in [-0.2, -0.15) is 0 Å². The van der Waals surface area contributed by atoms with Crippen LogP contribution in [0.1, 0.15) is 74.8 Å². The molecule has 0 radical (unpaired) electrons. The lowest BCUT2D eigenvalue weighted by Gasteiger charge is -2.29. The number of carbonyl (C=O) groups excluding carboxylic acids is 5. The van der Waals surface area contributed by atoms with E-state index in [1.165, 1.54) is 29.2 Å². The molecule has 0 aliphatic carbocycles. The quantitative estimate of drug-likeness (QED) is 0.0596. The maximum Gasteiger partial charge on any atom is 0.240 e. The van der Waals surface area contributed by atoms with Crippen molar-refractivity contribution >= 4 is 35.2 Å². The van der Waals surface area contributed by atoms with Gasteiger partial charge in [-0.25, -0.2) is 0 Å². The Morgan fingerprint density at radius 1 is 0.878 bits per heavy atom. The number of hydrogen-bond acceptors (Lipinski definition) is 9. The number of nitrogens with one attached hydrogen (secondary N) is 1. The highest BCUT2D eigenvalue weighted by molar-refractivity contribution is 5.97. The van der Waals surface area contributed by atoms with E-state index < -0.39 is 35.7 Å². The summed E-state index contributed by atoms with van der Waals surface area (Å²) in [7, 11) is 0. The van der Waals surface area contributed by atoms with E-state index in [4.69, 9.17) is 22.9 Å². The van der Waals surface area contributed by atoms with Crippen LogP contribution in [0.2, 0.25) is 0 Å².